The number of nitrogens with zero attached hydrogens (tertiary/aromatic N) is 1. The molecule has 5 heteroatoms. The van der Waals surface area contributed by atoms with Gasteiger partial charge in [0.2, 0.25) is 14.2 Å². The molecule has 0 unspecified atom stereocenters. The van der Waals surface area contributed by atoms with E-state index < -0.39 is 8.32 Å². The van der Waals surface area contributed by atoms with Crippen LogP contribution in [0.3, 0.4) is 0 Å². The van der Waals surface area contributed by atoms with Crippen LogP contribution in [0.2, 0.25) is 13.1 Å². The predicted molar refractivity (Wildman–Crippen MR) is 127 cm³/mol. The lowest BCUT2D eigenvalue weighted by Crippen LogP contribution is -2.38. The van der Waals surface area contributed by atoms with E-state index in [9.17, 15) is 9.59 Å². The minimum Gasteiger partial charge on any atom is -0.428 e. The fraction of sp³-hybridized carbons (Fsp3) is 0.400. The predicted octanol–water partition coefficient (Wildman–Crippen LogP) is 4.10. The molecule has 0 saturated carbocycles. The van der Waals surface area contributed by atoms with Gasteiger partial charge in [0.15, 0.2) is 0 Å². The van der Waals surface area contributed by atoms with E-state index in [1.54, 1.807) is 0 Å². The zero-order valence-electron chi connectivity index (χ0n) is 18.4. The number of carbonyl (C=O) groups is 1. The van der Waals surface area contributed by atoms with Crippen LogP contribution < -0.4 is 5.32 Å². The largest absolute Gasteiger partial charge is 0.428 e. The van der Waals surface area contributed by atoms with Crippen molar-refractivity contribution in [1.82, 2.24) is 10.2 Å². The first-order valence-corrected chi connectivity index (χ1v) is 13.9. The topological polar surface area (TPSA) is 52.6 Å². The molecular formula is C25H34N2O2Si. The van der Waals surface area contributed by atoms with Gasteiger partial charge in [-0.1, -0.05) is 60.3 Å². The third kappa shape index (κ3) is 6.66. The first-order valence-electron chi connectivity index (χ1n) is 10.9. The Morgan fingerprint density at radius 1 is 1.13 bits per heavy atom. The summed E-state index contributed by atoms with van der Waals surface area (Å²) in [7, 11) is -0.248. The number of rotatable bonds is 7. The first kappa shape index (κ1) is 22.5. The summed E-state index contributed by atoms with van der Waals surface area (Å²) in [4.78, 5) is 24.9. The number of hydrogen-bond donors (Lipinski definition) is 2. The van der Waals surface area contributed by atoms with Crippen LogP contribution in [0.4, 0.5) is 0 Å². The number of carbonyl (C=O) groups excluding carboxylic acids is 1. The standard InChI is InChI=1S/C25H34N2O2Si/c1-26-19-22-8-5-9-24(17-22)23-10-13-27(14-11-23)25(28)18-21-7-4-6-20(16-21)12-15-30(2,3)29/h4-9,12,15-17,23,26,29H,10-11,13-14,18-19H2,1-3H3. The van der Waals surface area contributed by atoms with Crippen LogP contribution in [-0.2, 0) is 17.8 Å². The Bertz CT molecular complexity index is 881. The maximum atomic E-state index is 12.8. The van der Waals surface area contributed by atoms with Gasteiger partial charge in [0.25, 0.3) is 0 Å². The molecule has 1 aliphatic heterocycles. The van der Waals surface area contributed by atoms with Gasteiger partial charge in [0.05, 0.1) is 6.42 Å². The van der Waals surface area contributed by atoms with Gasteiger partial charge in [-0.05, 0) is 61.2 Å². The highest BCUT2D eigenvalue weighted by Gasteiger charge is 2.24. The van der Waals surface area contributed by atoms with Crippen LogP contribution in [0.25, 0.3) is 6.08 Å². The molecule has 0 aromatic heterocycles. The molecule has 30 heavy (non-hydrogen) atoms. The summed E-state index contributed by atoms with van der Waals surface area (Å²) in [5, 5.41) is 3.21. The molecule has 2 N–H and O–H groups in total. The van der Waals surface area contributed by atoms with E-state index in [1.807, 2.05) is 55.0 Å². The van der Waals surface area contributed by atoms with Gasteiger partial charge in [-0.3, -0.25) is 4.79 Å². The number of benzene rings is 2. The summed E-state index contributed by atoms with van der Waals surface area (Å²) in [6.07, 6.45) is 4.44. The molecule has 4 nitrogen and oxygen atoms in total. The fourth-order valence-electron chi connectivity index (χ4n) is 4.02. The Morgan fingerprint density at radius 2 is 1.83 bits per heavy atom. The van der Waals surface area contributed by atoms with Crippen molar-refractivity contribution < 1.29 is 9.59 Å². The van der Waals surface area contributed by atoms with Crippen LogP contribution >= 0.6 is 0 Å². The van der Waals surface area contributed by atoms with E-state index in [1.165, 1.54) is 11.1 Å². The molecule has 0 radical (unpaired) electrons. The Balaban J connectivity index is 1.56. The minimum atomic E-state index is -2.22. The van der Waals surface area contributed by atoms with E-state index in [2.05, 4.69) is 35.6 Å². The zero-order valence-corrected chi connectivity index (χ0v) is 19.4. The van der Waals surface area contributed by atoms with Gasteiger partial charge in [-0.15, -0.1) is 0 Å². The van der Waals surface area contributed by atoms with E-state index >= 15 is 0 Å². The average Bonchev–Trinajstić information content (AvgIpc) is 2.73. The van der Waals surface area contributed by atoms with Gasteiger partial charge in [-0.25, -0.2) is 0 Å². The molecule has 2 aromatic rings. The molecular weight excluding hydrogens is 388 g/mol. The van der Waals surface area contributed by atoms with E-state index in [-0.39, 0.29) is 5.91 Å². The summed E-state index contributed by atoms with van der Waals surface area (Å²) in [5.74, 6) is 0.737. The summed E-state index contributed by atoms with van der Waals surface area (Å²) >= 11 is 0. The highest BCUT2D eigenvalue weighted by atomic mass is 28.4. The van der Waals surface area contributed by atoms with Crippen molar-refractivity contribution in [3.05, 3.63) is 76.5 Å². The SMILES string of the molecule is CNCc1cccc(C2CCN(C(=O)Cc3cccc(C=C[Si](C)(C)O)c3)CC2)c1. The van der Waals surface area contributed by atoms with Crippen molar-refractivity contribution in [2.45, 2.75) is 44.8 Å². The Kier molecular flexibility index (Phi) is 7.64. The Morgan fingerprint density at radius 3 is 2.53 bits per heavy atom. The minimum absolute atomic E-state index is 0.204. The smallest absolute Gasteiger partial charge is 0.226 e. The number of hydrogen-bond acceptors (Lipinski definition) is 3. The van der Waals surface area contributed by atoms with E-state index in [0.29, 0.717) is 12.3 Å². The zero-order chi connectivity index (χ0) is 21.6. The van der Waals surface area contributed by atoms with Crippen molar-refractivity contribution >= 4 is 20.3 Å². The van der Waals surface area contributed by atoms with Crippen LogP contribution in [0.5, 0.6) is 0 Å². The van der Waals surface area contributed by atoms with Gasteiger partial charge in [-0.2, -0.15) is 0 Å². The quantitative estimate of drug-likeness (QED) is 0.661. The summed E-state index contributed by atoms with van der Waals surface area (Å²) in [5.41, 5.74) is 6.68. The molecule has 1 aliphatic rings. The molecule has 0 spiro atoms. The number of likely N-dealkylation sites (tertiary alicyclic amines) is 1. The highest BCUT2D eigenvalue weighted by molar-refractivity contribution is 6.75. The number of amides is 1. The molecule has 0 aliphatic carbocycles. The Labute approximate surface area is 181 Å². The molecule has 0 atom stereocenters. The second-order valence-corrected chi connectivity index (χ2v) is 12.5. The van der Waals surface area contributed by atoms with Crippen molar-refractivity contribution in [3.63, 3.8) is 0 Å². The van der Waals surface area contributed by atoms with Crippen molar-refractivity contribution in [2.24, 2.45) is 0 Å². The highest BCUT2D eigenvalue weighted by Crippen LogP contribution is 2.29. The van der Waals surface area contributed by atoms with Gasteiger partial charge < -0.3 is 15.0 Å². The lowest BCUT2D eigenvalue weighted by atomic mass is 9.88. The molecule has 1 amide bonds. The molecule has 1 fully saturated rings. The summed E-state index contributed by atoms with van der Waals surface area (Å²) in [6, 6.07) is 16.9. The monoisotopic (exact) mass is 422 g/mol. The maximum absolute atomic E-state index is 12.8. The van der Waals surface area contributed by atoms with Crippen LogP contribution in [0, 0.1) is 0 Å². The molecule has 2 aromatic carbocycles. The Hall–Kier alpha value is -2.21. The first-order chi connectivity index (χ1) is 14.3. The molecule has 1 saturated heterocycles. The third-order valence-electron chi connectivity index (χ3n) is 5.64. The van der Waals surface area contributed by atoms with Crippen molar-refractivity contribution in [1.29, 1.82) is 0 Å². The maximum Gasteiger partial charge on any atom is 0.226 e. The van der Waals surface area contributed by atoms with Crippen LogP contribution in [0.1, 0.15) is 41.0 Å². The van der Waals surface area contributed by atoms with E-state index in [0.717, 1.165) is 43.6 Å². The molecule has 160 valence electrons. The van der Waals surface area contributed by atoms with Gasteiger partial charge in [0.1, 0.15) is 0 Å². The van der Waals surface area contributed by atoms with Crippen LogP contribution in [-0.4, -0.2) is 44.1 Å². The number of piperidine rings is 1. The molecule has 1 heterocycles. The lowest BCUT2D eigenvalue weighted by molar-refractivity contribution is -0.131. The lowest BCUT2D eigenvalue weighted by Gasteiger charge is -2.32. The van der Waals surface area contributed by atoms with Gasteiger partial charge >= 0.3 is 0 Å². The molecule has 3 rings (SSSR count). The second-order valence-electron chi connectivity index (χ2n) is 8.84. The summed E-state index contributed by atoms with van der Waals surface area (Å²) in [6.45, 7) is 6.31. The number of nitrogens with one attached hydrogen (secondary N) is 1. The average molecular weight is 423 g/mol. The van der Waals surface area contributed by atoms with Gasteiger partial charge in [0, 0.05) is 19.6 Å². The summed E-state index contributed by atoms with van der Waals surface area (Å²) < 4.78 is 0. The normalized spacial score (nSPS) is 15.7. The fourth-order valence-corrected chi connectivity index (χ4v) is 4.62. The van der Waals surface area contributed by atoms with Crippen LogP contribution in [0.15, 0.2) is 54.2 Å². The van der Waals surface area contributed by atoms with E-state index in [4.69, 9.17) is 0 Å². The van der Waals surface area contributed by atoms with Crippen molar-refractivity contribution in [2.75, 3.05) is 20.1 Å². The third-order valence-corrected chi connectivity index (χ3v) is 6.62. The second kappa shape index (κ2) is 10.2. The molecule has 0 bridgehead atoms. The van der Waals surface area contributed by atoms with Crippen molar-refractivity contribution in [3.8, 4) is 0 Å².